The first-order chi connectivity index (χ1) is 15.1. The average Bonchev–Trinajstić information content (AvgIpc) is 3.42. The molecule has 0 saturated heterocycles. The summed E-state index contributed by atoms with van der Waals surface area (Å²) in [7, 11) is 0. The Hall–Kier alpha value is -3.00. The van der Waals surface area contributed by atoms with E-state index in [2.05, 4.69) is 49.5 Å². The number of hydrogen-bond acceptors (Lipinski definition) is 4. The number of halogens is 1. The molecule has 4 rings (SSSR count). The van der Waals surface area contributed by atoms with Gasteiger partial charge in [0, 0.05) is 21.6 Å². The summed E-state index contributed by atoms with van der Waals surface area (Å²) in [5.74, 6) is -0.266. The molecule has 2 aromatic heterocycles. The Labute approximate surface area is 188 Å². The molecule has 7 nitrogen and oxygen atoms in total. The molecule has 0 radical (unpaired) electrons. The first kappa shape index (κ1) is 21.2. The maximum Gasteiger partial charge on any atom is 0.326 e. The van der Waals surface area contributed by atoms with Crippen molar-refractivity contribution in [3.63, 3.8) is 0 Å². The van der Waals surface area contributed by atoms with Crippen LogP contribution >= 0.6 is 15.9 Å². The molecule has 160 valence electrons. The topological polar surface area (TPSA) is 96.7 Å². The fourth-order valence-electron chi connectivity index (χ4n) is 3.99. The van der Waals surface area contributed by atoms with Gasteiger partial charge in [-0.25, -0.2) is 4.79 Å². The van der Waals surface area contributed by atoms with Crippen LogP contribution in [0, 0.1) is 0 Å². The first-order valence-electron chi connectivity index (χ1n) is 10.5. The first-order valence-corrected chi connectivity index (χ1v) is 11.3. The number of H-pyrrole nitrogens is 1. The lowest BCUT2D eigenvalue weighted by molar-refractivity contribution is -0.141. The lowest BCUT2D eigenvalue weighted by Crippen LogP contribution is -2.18. The molecule has 4 aromatic rings. The Morgan fingerprint density at radius 1 is 1.16 bits per heavy atom. The molecule has 2 aromatic carbocycles. The number of carboxylic acids is 1. The van der Waals surface area contributed by atoms with E-state index >= 15 is 0 Å². The fourth-order valence-corrected chi connectivity index (χ4v) is 4.53. The lowest BCUT2D eigenvalue weighted by Gasteiger charge is -2.16. The van der Waals surface area contributed by atoms with E-state index in [1.807, 2.05) is 47.2 Å². The molecule has 8 heteroatoms. The van der Waals surface area contributed by atoms with Crippen molar-refractivity contribution in [2.45, 2.75) is 45.1 Å². The molecule has 0 aliphatic carbocycles. The zero-order chi connectivity index (χ0) is 21.8. The summed E-state index contributed by atoms with van der Waals surface area (Å²) in [6.07, 6.45) is 6.72. The van der Waals surface area contributed by atoms with E-state index in [1.165, 1.54) is 0 Å². The van der Waals surface area contributed by atoms with Crippen LogP contribution in [-0.4, -0.2) is 36.3 Å². The van der Waals surface area contributed by atoms with Crippen molar-refractivity contribution in [3.8, 4) is 22.5 Å². The van der Waals surface area contributed by atoms with Crippen LogP contribution in [0.4, 0.5) is 0 Å². The van der Waals surface area contributed by atoms with Gasteiger partial charge in [0.05, 0.1) is 5.52 Å². The number of unbranched alkanes of at least 4 members (excludes halogenated alkanes) is 3. The fraction of sp³-hybridized carbons (Fsp3) is 0.304. The molecule has 0 bridgehead atoms. The lowest BCUT2D eigenvalue weighted by atomic mass is 9.98. The normalized spacial score (nSPS) is 12.3. The van der Waals surface area contributed by atoms with Crippen molar-refractivity contribution < 1.29 is 9.90 Å². The van der Waals surface area contributed by atoms with E-state index in [0.717, 1.165) is 57.7 Å². The van der Waals surface area contributed by atoms with Crippen molar-refractivity contribution in [1.82, 2.24) is 25.2 Å². The highest BCUT2D eigenvalue weighted by atomic mass is 79.9. The summed E-state index contributed by atoms with van der Waals surface area (Å²) in [5.41, 5.74) is 3.77. The number of aromatic amines is 1. The van der Waals surface area contributed by atoms with E-state index < -0.39 is 12.0 Å². The van der Waals surface area contributed by atoms with Crippen LogP contribution in [0.25, 0.3) is 33.4 Å². The van der Waals surface area contributed by atoms with Crippen molar-refractivity contribution in [2.75, 3.05) is 0 Å². The molecule has 0 spiro atoms. The Morgan fingerprint density at radius 2 is 1.97 bits per heavy atom. The number of rotatable bonds is 9. The van der Waals surface area contributed by atoms with Gasteiger partial charge in [-0.2, -0.15) is 5.21 Å². The maximum atomic E-state index is 12.0. The second kappa shape index (κ2) is 9.43. The highest BCUT2D eigenvalue weighted by Gasteiger charge is 2.22. The number of fused-ring (bicyclic) bond motifs is 1. The van der Waals surface area contributed by atoms with E-state index in [1.54, 1.807) is 0 Å². The molecule has 1 unspecified atom stereocenters. The standard InChI is InChI=1S/C23H24BrN5O2/c1-2-3-4-5-10-21(23(30)31)29-14-19(24)18-13-15(11-12-20(18)29)16-8-6-7-9-17(16)22-25-27-28-26-22/h6-9,11-14,21H,2-5,10H2,1H3,(H,30,31)(H,25,26,27,28). The summed E-state index contributed by atoms with van der Waals surface area (Å²) >= 11 is 3.64. The molecular formula is C23H24BrN5O2. The van der Waals surface area contributed by atoms with Crippen molar-refractivity contribution in [1.29, 1.82) is 0 Å². The van der Waals surface area contributed by atoms with Crippen LogP contribution in [0.1, 0.15) is 45.1 Å². The molecular weight excluding hydrogens is 458 g/mol. The van der Waals surface area contributed by atoms with Crippen LogP contribution in [0.15, 0.2) is 53.1 Å². The van der Waals surface area contributed by atoms with Crippen molar-refractivity contribution >= 4 is 32.8 Å². The second-order valence-electron chi connectivity index (χ2n) is 7.60. The molecule has 1 atom stereocenters. The van der Waals surface area contributed by atoms with Gasteiger partial charge in [0.25, 0.3) is 0 Å². The minimum Gasteiger partial charge on any atom is -0.480 e. The number of benzene rings is 2. The Balaban J connectivity index is 1.72. The maximum absolute atomic E-state index is 12.0. The van der Waals surface area contributed by atoms with Gasteiger partial charge in [0.1, 0.15) is 6.04 Å². The van der Waals surface area contributed by atoms with Crippen LogP contribution in [0.5, 0.6) is 0 Å². The Bertz CT molecular complexity index is 1190. The van der Waals surface area contributed by atoms with Crippen LogP contribution in [0.2, 0.25) is 0 Å². The summed E-state index contributed by atoms with van der Waals surface area (Å²) in [5, 5.41) is 25.2. The number of aliphatic carboxylic acids is 1. The zero-order valence-corrected chi connectivity index (χ0v) is 18.8. The monoisotopic (exact) mass is 481 g/mol. The van der Waals surface area contributed by atoms with Gasteiger partial charge in [-0.1, -0.05) is 62.9 Å². The summed E-state index contributed by atoms with van der Waals surface area (Å²) in [6.45, 7) is 2.15. The third kappa shape index (κ3) is 4.39. The average molecular weight is 482 g/mol. The van der Waals surface area contributed by atoms with Gasteiger partial charge in [-0.15, -0.1) is 10.2 Å². The molecule has 0 saturated carbocycles. The second-order valence-corrected chi connectivity index (χ2v) is 8.45. The molecule has 2 heterocycles. The molecule has 0 aliphatic rings. The molecule has 0 fully saturated rings. The van der Waals surface area contributed by atoms with Gasteiger partial charge in [0.15, 0.2) is 0 Å². The van der Waals surface area contributed by atoms with E-state index in [0.29, 0.717) is 12.2 Å². The third-order valence-corrected chi connectivity index (χ3v) is 6.19. The molecule has 0 aliphatic heterocycles. The van der Waals surface area contributed by atoms with Gasteiger partial charge < -0.3 is 9.67 Å². The van der Waals surface area contributed by atoms with Gasteiger partial charge >= 0.3 is 5.97 Å². The third-order valence-electron chi connectivity index (χ3n) is 5.56. The minimum absolute atomic E-state index is 0.533. The van der Waals surface area contributed by atoms with E-state index in [9.17, 15) is 9.90 Å². The zero-order valence-electron chi connectivity index (χ0n) is 17.3. The van der Waals surface area contributed by atoms with Crippen molar-refractivity contribution in [3.05, 3.63) is 53.1 Å². The summed E-state index contributed by atoms with van der Waals surface area (Å²) in [4.78, 5) is 12.0. The van der Waals surface area contributed by atoms with E-state index in [-0.39, 0.29) is 0 Å². The molecule has 2 N–H and O–H groups in total. The minimum atomic E-state index is -0.799. The van der Waals surface area contributed by atoms with E-state index in [4.69, 9.17) is 0 Å². The predicted octanol–water partition coefficient (Wildman–Crippen LogP) is 5.85. The quantitative estimate of drug-likeness (QED) is 0.292. The predicted molar refractivity (Wildman–Crippen MR) is 124 cm³/mol. The smallest absolute Gasteiger partial charge is 0.326 e. The Kier molecular flexibility index (Phi) is 6.46. The van der Waals surface area contributed by atoms with Gasteiger partial charge in [0.2, 0.25) is 5.82 Å². The molecule has 31 heavy (non-hydrogen) atoms. The largest absolute Gasteiger partial charge is 0.480 e. The van der Waals surface area contributed by atoms with Crippen LogP contribution < -0.4 is 0 Å². The number of aromatic nitrogens is 5. The number of carboxylic acid groups (broad SMARTS) is 1. The highest BCUT2D eigenvalue weighted by molar-refractivity contribution is 9.10. The summed E-state index contributed by atoms with van der Waals surface area (Å²) in [6, 6.07) is 13.4. The van der Waals surface area contributed by atoms with Gasteiger partial charge in [-0.3, -0.25) is 0 Å². The number of hydrogen-bond donors (Lipinski definition) is 2. The summed E-state index contributed by atoms with van der Waals surface area (Å²) < 4.78 is 2.75. The number of nitrogens with zero attached hydrogens (tertiary/aromatic N) is 4. The van der Waals surface area contributed by atoms with Crippen LogP contribution in [-0.2, 0) is 4.79 Å². The van der Waals surface area contributed by atoms with Crippen molar-refractivity contribution in [2.24, 2.45) is 0 Å². The highest BCUT2D eigenvalue weighted by Crippen LogP contribution is 2.36. The number of tetrazole rings is 1. The molecule has 0 amide bonds. The number of nitrogens with one attached hydrogen (secondary N) is 1. The van der Waals surface area contributed by atoms with Crippen LogP contribution in [0.3, 0.4) is 0 Å². The SMILES string of the molecule is CCCCCCC(C(=O)O)n1cc(Br)c2cc(-c3ccccc3-c3nn[nH]n3)ccc21. The Morgan fingerprint density at radius 3 is 2.68 bits per heavy atom. The van der Waals surface area contributed by atoms with Gasteiger partial charge in [-0.05, 0) is 50.8 Å². The number of carbonyl (C=O) groups is 1.